The van der Waals surface area contributed by atoms with Crippen molar-refractivity contribution in [2.45, 2.75) is 32.1 Å². The van der Waals surface area contributed by atoms with Gasteiger partial charge in [-0.2, -0.15) is 8.78 Å². The number of furan rings is 1. The highest BCUT2D eigenvalue weighted by Crippen LogP contribution is 2.34. The first-order valence-corrected chi connectivity index (χ1v) is 9.25. The van der Waals surface area contributed by atoms with Crippen LogP contribution in [0.1, 0.15) is 18.6 Å². The van der Waals surface area contributed by atoms with Crippen LogP contribution < -0.4 is 10.1 Å². The number of benzene rings is 1. The number of anilines is 1. The van der Waals surface area contributed by atoms with E-state index >= 15 is 0 Å². The van der Waals surface area contributed by atoms with Crippen LogP contribution >= 0.6 is 11.6 Å². The average molecular weight is 410 g/mol. The minimum Gasteiger partial charge on any atom is -0.491 e. The number of hydrogen-bond acceptors (Lipinski definition) is 6. The van der Waals surface area contributed by atoms with Gasteiger partial charge in [-0.25, -0.2) is 9.97 Å². The SMILES string of the molecule is FC(F)OC1CC(COc2cccc3c(NCc4ccco4)nc(Cl)nc23)C1. The number of fused-ring (bicyclic) bond motifs is 1. The van der Waals surface area contributed by atoms with E-state index in [1.807, 2.05) is 24.3 Å². The van der Waals surface area contributed by atoms with Crippen molar-refractivity contribution in [2.75, 3.05) is 11.9 Å². The molecule has 4 rings (SSSR count). The van der Waals surface area contributed by atoms with Gasteiger partial charge in [0.1, 0.15) is 22.8 Å². The fraction of sp³-hybridized carbons (Fsp3) is 0.368. The molecule has 0 amide bonds. The third-order valence-electron chi connectivity index (χ3n) is 4.63. The molecule has 0 radical (unpaired) electrons. The van der Waals surface area contributed by atoms with E-state index in [2.05, 4.69) is 20.0 Å². The molecule has 0 saturated heterocycles. The van der Waals surface area contributed by atoms with Gasteiger partial charge in [0, 0.05) is 5.39 Å². The van der Waals surface area contributed by atoms with Crippen molar-refractivity contribution >= 4 is 28.3 Å². The number of halogens is 3. The van der Waals surface area contributed by atoms with Crippen molar-refractivity contribution in [3.63, 3.8) is 0 Å². The van der Waals surface area contributed by atoms with Crippen LogP contribution in [0.4, 0.5) is 14.6 Å². The van der Waals surface area contributed by atoms with Crippen LogP contribution in [-0.4, -0.2) is 29.3 Å². The maximum atomic E-state index is 12.2. The molecule has 6 nitrogen and oxygen atoms in total. The summed E-state index contributed by atoms with van der Waals surface area (Å²) < 4.78 is 40.1. The third kappa shape index (κ3) is 4.34. The van der Waals surface area contributed by atoms with Gasteiger partial charge < -0.3 is 19.2 Å². The first-order chi connectivity index (χ1) is 13.6. The monoisotopic (exact) mass is 409 g/mol. The fourth-order valence-electron chi connectivity index (χ4n) is 3.21. The summed E-state index contributed by atoms with van der Waals surface area (Å²) in [6.07, 6.45) is 2.32. The molecule has 2 heterocycles. The normalized spacial score (nSPS) is 19.0. The number of ether oxygens (including phenoxy) is 2. The zero-order valence-electron chi connectivity index (χ0n) is 14.8. The summed E-state index contributed by atoms with van der Waals surface area (Å²) in [6, 6.07) is 9.19. The number of hydrogen-bond donors (Lipinski definition) is 1. The molecule has 0 unspecified atom stereocenters. The molecule has 1 aliphatic carbocycles. The Hall–Kier alpha value is -2.45. The van der Waals surface area contributed by atoms with Gasteiger partial charge in [-0.1, -0.05) is 6.07 Å². The summed E-state index contributed by atoms with van der Waals surface area (Å²) in [5, 5.41) is 4.06. The Morgan fingerprint density at radius 2 is 2.07 bits per heavy atom. The maximum absolute atomic E-state index is 12.2. The van der Waals surface area contributed by atoms with E-state index in [0.717, 1.165) is 11.1 Å². The van der Waals surface area contributed by atoms with Gasteiger partial charge in [-0.3, -0.25) is 0 Å². The Labute approximate surface area is 164 Å². The highest BCUT2D eigenvalue weighted by molar-refractivity contribution is 6.29. The zero-order chi connectivity index (χ0) is 19.5. The van der Waals surface area contributed by atoms with E-state index in [1.54, 1.807) is 12.3 Å². The molecular weight excluding hydrogens is 392 g/mol. The standard InChI is InChI=1S/C19H18ClF2N3O3/c20-18-24-16-14(17(25-18)23-9-12-3-2-6-26-12)4-1-5-15(16)27-10-11-7-13(8-11)28-19(21)22/h1-6,11,13,19H,7-10H2,(H,23,24,25). The van der Waals surface area contributed by atoms with Gasteiger partial charge in [0.05, 0.1) is 25.5 Å². The molecule has 28 heavy (non-hydrogen) atoms. The minimum absolute atomic E-state index is 0.0968. The molecule has 9 heteroatoms. The Morgan fingerprint density at radius 1 is 1.21 bits per heavy atom. The predicted molar refractivity (Wildman–Crippen MR) is 99.7 cm³/mol. The quantitative estimate of drug-likeness (QED) is 0.534. The van der Waals surface area contributed by atoms with Gasteiger partial charge in [0.2, 0.25) is 5.28 Å². The molecule has 0 atom stereocenters. The van der Waals surface area contributed by atoms with Gasteiger partial charge in [0.25, 0.3) is 0 Å². The van der Waals surface area contributed by atoms with E-state index in [4.69, 9.17) is 20.8 Å². The largest absolute Gasteiger partial charge is 0.491 e. The maximum Gasteiger partial charge on any atom is 0.345 e. The summed E-state index contributed by atoms with van der Waals surface area (Å²) >= 11 is 6.10. The van der Waals surface area contributed by atoms with Crippen LogP contribution in [0, 0.1) is 5.92 Å². The number of para-hydroxylation sites is 1. The first kappa shape index (κ1) is 18.9. The molecular formula is C19H18ClF2N3O3. The highest BCUT2D eigenvalue weighted by atomic mass is 35.5. The van der Waals surface area contributed by atoms with Crippen molar-refractivity contribution in [2.24, 2.45) is 5.92 Å². The van der Waals surface area contributed by atoms with E-state index < -0.39 is 12.7 Å². The third-order valence-corrected chi connectivity index (χ3v) is 4.80. The fourth-order valence-corrected chi connectivity index (χ4v) is 3.38. The lowest BCUT2D eigenvalue weighted by Gasteiger charge is -2.34. The van der Waals surface area contributed by atoms with E-state index in [9.17, 15) is 8.78 Å². The van der Waals surface area contributed by atoms with E-state index in [1.165, 1.54) is 0 Å². The number of alkyl halides is 2. The van der Waals surface area contributed by atoms with Gasteiger partial charge in [-0.15, -0.1) is 0 Å². The van der Waals surface area contributed by atoms with Crippen LogP contribution in [-0.2, 0) is 11.3 Å². The van der Waals surface area contributed by atoms with Crippen LogP contribution in [0.25, 0.3) is 10.9 Å². The summed E-state index contributed by atoms with van der Waals surface area (Å²) in [4.78, 5) is 8.56. The molecule has 1 aliphatic rings. The number of nitrogens with zero attached hydrogens (tertiary/aromatic N) is 2. The second kappa shape index (κ2) is 8.28. The first-order valence-electron chi connectivity index (χ1n) is 8.87. The number of nitrogens with one attached hydrogen (secondary N) is 1. The van der Waals surface area contributed by atoms with Gasteiger partial charge >= 0.3 is 6.61 Å². The topological polar surface area (TPSA) is 69.4 Å². The molecule has 0 spiro atoms. The molecule has 2 aromatic heterocycles. The van der Waals surface area contributed by atoms with Crippen molar-refractivity contribution < 1.29 is 22.7 Å². The summed E-state index contributed by atoms with van der Waals surface area (Å²) in [7, 11) is 0. The van der Waals surface area contributed by atoms with Crippen molar-refractivity contribution in [3.8, 4) is 5.75 Å². The summed E-state index contributed by atoms with van der Waals surface area (Å²) in [5.74, 6) is 2.08. The summed E-state index contributed by atoms with van der Waals surface area (Å²) in [6.45, 7) is -1.87. The zero-order valence-corrected chi connectivity index (χ0v) is 15.5. The van der Waals surface area contributed by atoms with E-state index in [0.29, 0.717) is 43.1 Å². The molecule has 1 saturated carbocycles. The minimum atomic E-state index is -2.73. The van der Waals surface area contributed by atoms with Crippen molar-refractivity contribution in [1.82, 2.24) is 9.97 Å². The molecule has 1 aromatic carbocycles. The lowest BCUT2D eigenvalue weighted by molar-refractivity contribution is -0.192. The highest BCUT2D eigenvalue weighted by Gasteiger charge is 2.32. The average Bonchev–Trinajstić information content (AvgIpc) is 3.15. The molecule has 1 fully saturated rings. The van der Waals surface area contributed by atoms with Gasteiger partial charge in [0.15, 0.2) is 0 Å². The Kier molecular flexibility index (Phi) is 5.59. The molecule has 148 valence electrons. The predicted octanol–water partition coefficient (Wildman–Crippen LogP) is 4.88. The Morgan fingerprint density at radius 3 is 2.82 bits per heavy atom. The van der Waals surface area contributed by atoms with Crippen molar-refractivity contribution in [1.29, 1.82) is 0 Å². The second-order valence-corrected chi connectivity index (χ2v) is 6.93. The van der Waals surface area contributed by atoms with E-state index in [-0.39, 0.29) is 11.2 Å². The smallest absolute Gasteiger partial charge is 0.345 e. The van der Waals surface area contributed by atoms with Gasteiger partial charge in [-0.05, 0) is 54.6 Å². The summed E-state index contributed by atoms with van der Waals surface area (Å²) in [5.41, 5.74) is 0.587. The van der Waals surface area contributed by atoms with Crippen LogP contribution in [0.2, 0.25) is 5.28 Å². The Balaban J connectivity index is 1.45. The lowest BCUT2D eigenvalue weighted by Crippen LogP contribution is -2.36. The second-order valence-electron chi connectivity index (χ2n) is 6.59. The molecule has 1 N–H and O–H groups in total. The van der Waals surface area contributed by atoms with Crippen LogP contribution in [0.15, 0.2) is 41.0 Å². The Bertz CT molecular complexity index is 934. The lowest BCUT2D eigenvalue weighted by atomic mass is 9.83. The molecule has 3 aromatic rings. The molecule has 0 aliphatic heterocycles. The molecule has 0 bridgehead atoms. The van der Waals surface area contributed by atoms with Crippen molar-refractivity contribution in [3.05, 3.63) is 47.6 Å². The number of aromatic nitrogens is 2. The van der Waals surface area contributed by atoms with Crippen LogP contribution in [0.5, 0.6) is 5.75 Å². The number of rotatable bonds is 8. The van der Waals surface area contributed by atoms with Crippen LogP contribution in [0.3, 0.4) is 0 Å².